The molecule has 0 bridgehead atoms. The number of nitrogens with zero attached hydrogens (tertiary/aromatic N) is 2. The molecule has 0 spiro atoms. The van der Waals surface area contributed by atoms with Gasteiger partial charge in [-0.25, -0.2) is 4.68 Å². The first-order chi connectivity index (χ1) is 8.15. The molecule has 0 saturated carbocycles. The van der Waals surface area contributed by atoms with Gasteiger partial charge in [0.05, 0.1) is 12.8 Å². The van der Waals surface area contributed by atoms with Gasteiger partial charge in [0.1, 0.15) is 5.75 Å². The number of hydrogen-bond acceptors (Lipinski definition) is 4. The Morgan fingerprint density at radius 1 is 1.35 bits per heavy atom. The van der Waals surface area contributed by atoms with Gasteiger partial charge in [-0.2, -0.15) is 5.10 Å². The molecule has 1 aromatic heterocycles. The second-order valence-corrected chi connectivity index (χ2v) is 4.43. The van der Waals surface area contributed by atoms with Crippen LogP contribution in [-0.4, -0.2) is 28.3 Å². The predicted molar refractivity (Wildman–Crippen MR) is 68.6 cm³/mol. The molecule has 0 atom stereocenters. The summed E-state index contributed by atoms with van der Waals surface area (Å²) in [4.78, 5) is 1.08. The predicted octanol–water partition coefficient (Wildman–Crippen LogP) is 2.52. The summed E-state index contributed by atoms with van der Waals surface area (Å²) in [7, 11) is 3.35. The average Bonchev–Trinajstić information content (AvgIpc) is 2.68. The Bertz CT molecular complexity index is 518. The Labute approximate surface area is 104 Å². The zero-order valence-corrected chi connectivity index (χ0v) is 10.8. The van der Waals surface area contributed by atoms with Crippen molar-refractivity contribution in [3.05, 3.63) is 24.3 Å². The fourth-order valence-corrected chi connectivity index (χ4v) is 2.14. The van der Waals surface area contributed by atoms with Crippen molar-refractivity contribution in [3.8, 4) is 22.9 Å². The summed E-state index contributed by atoms with van der Waals surface area (Å²) in [5.41, 5.74) is 1.66. The molecule has 0 aliphatic rings. The number of aromatic nitrogens is 2. The van der Waals surface area contributed by atoms with E-state index in [0.29, 0.717) is 0 Å². The van der Waals surface area contributed by atoms with E-state index in [9.17, 15) is 5.11 Å². The Balaban J connectivity index is 2.46. The van der Waals surface area contributed by atoms with Crippen LogP contribution in [0, 0.1) is 0 Å². The van der Waals surface area contributed by atoms with Gasteiger partial charge in [0.25, 0.3) is 0 Å². The van der Waals surface area contributed by atoms with Gasteiger partial charge >= 0.3 is 0 Å². The molecule has 0 aliphatic heterocycles. The third-order valence-electron chi connectivity index (χ3n) is 2.53. The lowest BCUT2D eigenvalue weighted by atomic mass is 10.1. The highest BCUT2D eigenvalue weighted by Crippen LogP contribution is 2.32. The molecule has 0 saturated heterocycles. The van der Waals surface area contributed by atoms with Crippen LogP contribution >= 0.6 is 11.8 Å². The lowest BCUT2D eigenvalue weighted by Crippen LogP contribution is -1.90. The smallest absolute Gasteiger partial charge is 0.209 e. The zero-order valence-electron chi connectivity index (χ0n) is 9.97. The van der Waals surface area contributed by atoms with Gasteiger partial charge in [0.15, 0.2) is 0 Å². The van der Waals surface area contributed by atoms with E-state index in [-0.39, 0.29) is 5.88 Å². The maximum absolute atomic E-state index is 9.49. The maximum Gasteiger partial charge on any atom is 0.209 e. The molecule has 0 unspecified atom stereocenters. The maximum atomic E-state index is 9.49. The highest BCUT2D eigenvalue weighted by Gasteiger charge is 2.09. The largest absolute Gasteiger partial charge is 0.496 e. The number of methoxy groups -OCH3 is 1. The summed E-state index contributed by atoms with van der Waals surface area (Å²) in [5.74, 6) is 0.966. The topological polar surface area (TPSA) is 47.3 Å². The van der Waals surface area contributed by atoms with Crippen LogP contribution in [0.1, 0.15) is 0 Å². The molecule has 90 valence electrons. The Hall–Kier alpha value is -1.62. The van der Waals surface area contributed by atoms with Gasteiger partial charge in [0, 0.05) is 23.6 Å². The molecule has 0 amide bonds. The molecule has 1 heterocycles. The van der Waals surface area contributed by atoms with Crippen LogP contribution in [0.3, 0.4) is 0 Å². The van der Waals surface area contributed by atoms with Crippen LogP contribution < -0.4 is 4.74 Å². The van der Waals surface area contributed by atoms with Crippen LogP contribution in [0.4, 0.5) is 0 Å². The van der Waals surface area contributed by atoms with Crippen molar-refractivity contribution >= 4 is 11.8 Å². The first kappa shape index (κ1) is 11.9. The summed E-state index contributed by atoms with van der Waals surface area (Å²) in [6.45, 7) is 0. The van der Waals surface area contributed by atoms with Crippen molar-refractivity contribution in [2.24, 2.45) is 7.05 Å². The van der Waals surface area contributed by atoms with Gasteiger partial charge in [-0.1, -0.05) is 6.07 Å². The number of aryl methyl sites for hydroxylation is 1. The molecule has 4 nitrogen and oxygen atoms in total. The summed E-state index contributed by atoms with van der Waals surface area (Å²) >= 11 is 1.63. The van der Waals surface area contributed by atoms with Gasteiger partial charge < -0.3 is 9.84 Å². The summed E-state index contributed by atoms with van der Waals surface area (Å²) in [6.07, 6.45) is 2.00. The molecular weight excluding hydrogens is 236 g/mol. The van der Waals surface area contributed by atoms with Gasteiger partial charge in [0.2, 0.25) is 5.88 Å². The van der Waals surface area contributed by atoms with E-state index < -0.39 is 0 Å². The van der Waals surface area contributed by atoms with E-state index >= 15 is 0 Å². The Morgan fingerprint density at radius 2 is 2.12 bits per heavy atom. The van der Waals surface area contributed by atoms with Crippen molar-refractivity contribution in [1.82, 2.24) is 9.78 Å². The number of aromatic hydroxyl groups is 1. The van der Waals surface area contributed by atoms with Crippen molar-refractivity contribution in [2.45, 2.75) is 4.90 Å². The fourth-order valence-electron chi connectivity index (χ4n) is 1.59. The van der Waals surface area contributed by atoms with E-state index in [0.717, 1.165) is 21.9 Å². The first-order valence-electron chi connectivity index (χ1n) is 5.11. The van der Waals surface area contributed by atoms with Crippen molar-refractivity contribution in [3.63, 3.8) is 0 Å². The second-order valence-electron chi connectivity index (χ2n) is 3.58. The minimum absolute atomic E-state index is 0.146. The minimum atomic E-state index is 0.146. The zero-order chi connectivity index (χ0) is 12.4. The average molecular weight is 250 g/mol. The lowest BCUT2D eigenvalue weighted by Gasteiger charge is -2.07. The second kappa shape index (κ2) is 4.71. The number of hydrogen-bond donors (Lipinski definition) is 1. The van der Waals surface area contributed by atoms with Gasteiger partial charge in [-0.3, -0.25) is 0 Å². The molecule has 0 radical (unpaired) electrons. The molecule has 0 aliphatic carbocycles. The summed E-state index contributed by atoms with van der Waals surface area (Å²) < 4.78 is 6.75. The van der Waals surface area contributed by atoms with E-state index in [1.807, 2.05) is 24.5 Å². The highest BCUT2D eigenvalue weighted by atomic mass is 32.2. The lowest BCUT2D eigenvalue weighted by molar-refractivity contribution is 0.405. The molecule has 1 N–H and O–H groups in total. The first-order valence-corrected chi connectivity index (χ1v) is 6.33. The monoisotopic (exact) mass is 250 g/mol. The number of rotatable bonds is 3. The Kier molecular flexibility index (Phi) is 3.28. The van der Waals surface area contributed by atoms with Crippen LogP contribution in [0.5, 0.6) is 11.6 Å². The van der Waals surface area contributed by atoms with Crippen molar-refractivity contribution in [1.29, 1.82) is 0 Å². The quantitative estimate of drug-likeness (QED) is 0.850. The van der Waals surface area contributed by atoms with Crippen LogP contribution in [-0.2, 0) is 7.05 Å². The molecule has 2 aromatic rings. The van der Waals surface area contributed by atoms with E-state index in [1.165, 1.54) is 4.68 Å². The van der Waals surface area contributed by atoms with E-state index in [1.54, 1.807) is 32.0 Å². The third-order valence-corrected chi connectivity index (χ3v) is 3.31. The number of thioether (sulfide) groups is 1. The van der Waals surface area contributed by atoms with Gasteiger partial charge in [-0.15, -0.1) is 11.8 Å². The number of benzene rings is 1. The summed E-state index contributed by atoms with van der Waals surface area (Å²) in [6, 6.07) is 7.52. The van der Waals surface area contributed by atoms with E-state index in [2.05, 4.69) is 5.10 Å². The minimum Gasteiger partial charge on any atom is -0.496 e. The normalized spacial score (nSPS) is 10.5. The van der Waals surface area contributed by atoms with Crippen LogP contribution in [0.15, 0.2) is 29.2 Å². The van der Waals surface area contributed by atoms with Crippen molar-refractivity contribution in [2.75, 3.05) is 13.4 Å². The molecule has 5 heteroatoms. The van der Waals surface area contributed by atoms with Gasteiger partial charge in [-0.05, 0) is 18.4 Å². The fraction of sp³-hybridized carbons (Fsp3) is 0.250. The SMILES string of the molecule is COc1cc(-c2cc(O)n(C)n2)ccc1SC. The van der Waals surface area contributed by atoms with Crippen molar-refractivity contribution < 1.29 is 9.84 Å². The molecule has 17 heavy (non-hydrogen) atoms. The highest BCUT2D eigenvalue weighted by molar-refractivity contribution is 7.98. The van der Waals surface area contributed by atoms with Crippen LogP contribution in [0.25, 0.3) is 11.3 Å². The third kappa shape index (κ3) is 2.24. The van der Waals surface area contributed by atoms with Crippen LogP contribution in [0.2, 0.25) is 0 Å². The molecule has 1 aromatic carbocycles. The molecular formula is C12H14N2O2S. The molecule has 0 fully saturated rings. The van der Waals surface area contributed by atoms with E-state index in [4.69, 9.17) is 4.74 Å². The number of ether oxygens (including phenoxy) is 1. The molecule has 2 rings (SSSR count). The summed E-state index contributed by atoms with van der Waals surface area (Å²) in [5, 5.41) is 13.7. The standard InChI is InChI=1S/C12H14N2O2S/c1-14-12(15)7-9(13-14)8-4-5-11(17-3)10(6-8)16-2/h4-7,15H,1-3H3. The Morgan fingerprint density at radius 3 is 2.65 bits per heavy atom.